The second-order valence-electron chi connectivity index (χ2n) is 13.5. The van der Waals surface area contributed by atoms with E-state index in [0.717, 1.165) is 10.0 Å². The summed E-state index contributed by atoms with van der Waals surface area (Å²) in [5.74, 6) is -4.59. The van der Waals surface area contributed by atoms with Gasteiger partial charge < -0.3 is 14.6 Å². The number of fused-ring (bicyclic) bond motifs is 4. The molecule has 4 aromatic carbocycles. The average Bonchev–Trinajstić information content (AvgIpc) is 3.41. The summed E-state index contributed by atoms with van der Waals surface area (Å²) < 4.78 is 12.2. The molecule has 2 amide bonds. The first-order valence-corrected chi connectivity index (χ1v) is 17.7. The Labute approximate surface area is 303 Å². The zero-order chi connectivity index (χ0) is 35.6. The van der Waals surface area contributed by atoms with Crippen LogP contribution in [0.25, 0.3) is 5.57 Å². The Morgan fingerprint density at radius 3 is 2.18 bits per heavy atom. The standard InChI is InChI=1S/C42H34BrNO7/c1-50-27-19-33(45)37(34(20-27)51-2)38-28-17-18-29-36(41(49)44(40(29)48)26-15-13-25(43)14-16-26)31(28)21-32-39(47)30(23-9-5-3-6-10-23)22-35(46)42(32,38)24-11-7-4-8-12-24/h3-17,19-20,22,29,31-32,36,38,45H,18,21H2,1-2H3. The molecule has 0 aromatic heterocycles. The van der Waals surface area contributed by atoms with Crippen molar-refractivity contribution in [1.82, 2.24) is 0 Å². The van der Waals surface area contributed by atoms with Crippen molar-refractivity contribution in [3.05, 3.63) is 136 Å². The molecular formula is C42H34BrNO7. The van der Waals surface area contributed by atoms with Crippen LogP contribution in [0.1, 0.15) is 35.4 Å². The van der Waals surface area contributed by atoms with E-state index in [0.29, 0.717) is 33.7 Å². The van der Waals surface area contributed by atoms with Gasteiger partial charge in [-0.1, -0.05) is 88.2 Å². The van der Waals surface area contributed by atoms with Gasteiger partial charge in [-0.15, -0.1) is 0 Å². The van der Waals surface area contributed by atoms with Crippen LogP contribution in [0, 0.1) is 23.7 Å². The molecule has 3 aliphatic carbocycles. The monoisotopic (exact) mass is 743 g/mol. The molecule has 8 rings (SSSR count). The molecule has 1 saturated carbocycles. The summed E-state index contributed by atoms with van der Waals surface area (Å²) in [6, 6.07) is 28.5. The smallest absolute Gasteiger partial charge is 0.238 e. The number of anilines is 1. The highest BCUT2D eigenvalue weighted by Gasteiger charge is 2.66. The second-order valence-corrected chi connectivity index (χ2v) is 14.5. The average molecular weight is 745 g/mol. The number of ether oxygens (including phenoxy) is 2. The Morgan fingerprint density at radius 2 is 1.51 bits per heavy atom. The van der Waals surface area contributed by atoms with Gasteiger partial charge in [-0.2, -0.15) is 0 Å². The number of nitrogens with zero attached hydrogens (tertiary/aromatic N) is 1. The Balaban J connectivity index is 1.40. The number of methoxy groups -OCH3 is 2. The molecule has 1 saturated heterocycles. The minimum Gasteiger partial charge on any atom is -0.507 e. The van der Waals surface area contributed by atoms with Crippen molar-refractivity contribution in [2.24, 2.45) is 23.7 Å². The lowest BCUT2D eigenvalue weighted by atomic mass is 9.44. The van der Waals surface area contributed by atoms with E-state index in [1.54, 1.807) is 30.3 Å². The van der Waals surface area contributed by atoms with Crippen LogP contribution < -0.4 is 14.4 Å². The number of aromatic hydroxyl groups is 1. The zero-order valence-electron chi connectivity index (χ0n) is 27.9. The van der Waals surface area contributed by atoms with Crippen LogP contribution in [0.3, 0.4) is 0 Å². The van der Waals surface area contributed by atoms with Crippen LogP contribution in [-0.2, 0) is 24.6 Å². The van der Waals surface area contributed by atoms with Gasteiger partial charge in [-0.3, -0.25) is 24.1 Å². The van der Waals surface area contributed by atoms with E-state index in [9.17, 15) is 14.7 Å². The number of hydrogen-bond donors (Lipinski definition) is 1. The normalized spacial score (nSPS) is 26.9. The maximum atomic E-state index is 15.2. The minimum absolute atomic E-state index is 0.152. The molecule has 6 unspecified atom stereocenters. The van der Waals surface area contributed by atoms with Crippen molar-refractivity contribution in [2.45, 2.75) is 24.2 Å². The first kappa shape index (κ1) is 32.9. The molecule has 51 heavy (non-hydrogen) atoms. The number of benzene rings is 4. The molecule has 1 heterocycles. The fraction of sp³-hybridized carbons (Fsp3) is 0.238. The number of imide groups is 1. The molecule has 256 valence electrons. The number of carbonyl (C=O) groups is 4. The SMILES string of the molecule is COc1cc(O)c(C2C3=CCC4C(=O)N(c5ccc(Br)cc5)C(=O)C4C3CC3C(=O)C(c4ccccc4)=CC(=O)C32c2ccccc2)c(OC)c1. The Kier molecular flexibility index (Phi) is 8.06. The largest absolute Gasteiger partial charge is 0.507 e. The summed E-state index contributed by atoms with van der Waals surface area (Å²) in [6.45, 7) is 0. The van der Waals surface area contributed by atoms with E-state index < -0.39 is 35.0 Å². The second kappa shape index (κ2) is 12.5. The number of ketones is 2. The summed E-state index contributed by atoms with van der Waals surface area (Å²) in [6.07, 6.45) is 3.82. The summed E-state index contributed by atoms with van der Waals surface area (Å²) in [5.41, 5.74) is 1.55. The Morgan fingerprint density at radius 1 is 0.824 bits per heavy atom. The number of allylic oxidation sites excluding steroid dienone is 4. The van der Waals surface area contributed by atoms with Crippen molar-refractivity contribution < 1.29 is 33.8 Å². The number of phenols is 1. The Bertz CT molecular complexity index is 2160. The van der Waals surface area contributed by atoms with Crippen molar-refractivity contribution >= 4 is 50.6 Å². The fourth-order valence-electron chi connectivity index (χ4n) is 9.20. The summed E-state index contributed by atoms with van der Waals surface area (Å²) in [7, 11) is 2.96. The number of amides is 2. The van der Waals surface area contributed by atoms with Gasteiger partial charge in [0, 0.05) is 39.6 Å². The maximum Gasteiger partial charge on any atom is 0.238 e. The fourth-order valence-corrected chi connectivity index (χ4v) is 9.46. The number of halogens is 1. The number of hydrogen-bond acceptors (Lipinski definition) is 7. The van der Waals surface area contributed by atoms with E-state index in [4.69, 9.17) is 9.47 Å². The van der Waals surface area contributed by atoms with Crippen LogP contribution in [0.2, 0.25) is 0 Å². The number of phenolic OH excluding ortho intramolecular Hbond substituents is 1. The molecule has 0 radical (unpaired) electrons. The van der Waals surface area contributed by atoms with Gasteiger partial charge in [0.1, 0.15) is 17.2 Å². The Hall–Kier alpha value is -5.28. The van der Waals surface area contributed by atoms with Gasteiger partial charge in [0.05, 0.1) is 37.2 Å². The summed E-state index contributed by atoms with van der Waals surface area (Å²) >= 11 is 3.44. The molecule has 0 bridgehead atoms. The number of rotatable bonds is 6. The first-order chi connectivity index (χ1) is 24.7. The first-order valence-electron chi connectivity index (χ1n) is 16.9. The molecule has 9 heteroatoms. The maximum absolute atomic E-state index is 15.2. The number of carbonyl (C=O) groups excluding carboxylic acids is 4. The molecule has 8 nitrogen and oxygen atoms in total. The molecule has 4 aromatic rings. The van der Waals surface area contributed by atoms with E-state index >= 15 is 9.59 Å². The van der Waals surface area contributed by atoms with Crippen LogP contribution in [-0.4, -0.2) is 42.7 Å². The van der Waals surface area contributed by atoms with E-state index in [1.165, 1.54) is 31.3 Å². The topological polar surface area (TPSA) is 110 Å². The van der Waals surface area contributed by atoms with Crippen molar-refractivity contribution in [3.63, 3.8) is 0 Å². The van der Waals surface area contributed by atoms with Crippen LogP contribution >= 0.6 is 15.9 Å². The third-order valence-corrected chi connectivity index (χ3v) is 11.8. The third kappa shape index (κ3) is 4.85. The quantitative estimate of drug-likeness (QED) is 0.164. The molecule has 4 aliphatic rings. The van der Waals surface area contributed by atoms with Crippen molar-refractivity contribution in [3.8, 4) is 17.2 Å². The molecule has 1 aliphatic heterocycles. The lowest BCUT2D eigenvalue weighted by Gasteiger charge is -2.55. The van der Waals surface area contributed by atoms with Gasteiger partial charge in [-0.25, -0.2) is 0 Å². The molecule has 6 atom stereocenters. The summed E-state index contributed by atoms with van der Waals surface area (Å²) in [5, 5.41) is 11.9. The van der Waals surface area contributed by atoms with Gasteiger partial charge >= 0.3 is 0 Å². The molecular weight excluding hydrogens is 710 g/mol. The highest BCUT2D eigenvalue weighted by molar-refractivity contribution is 9.10. The van der Waals surface area contributed by atoms with Crippen LogP contribution in [0.15, 0.2) is 119 Å². The predicted molar refractivity (Wildman–Crippen MR) is 194 cm³/mol. The van der Waals surface area contributed by atoms with Crippen molar-refractivity contribution in [1.29, 1.82) is 0 Å². The lowest BCUT2D eigenvalue weighted by molar-refractivity contribution is -0.135. The zero-order valence-corrected chi connectivity index (χ0v) is 29.5. The highest BCUT2D eigenvalue weighted by atomic mass is 79.9. The van der Waals surface area contributed by atoms with E-state index in [-0.39, 0.29) is 47.7 Å². The van der Waals surface area contributed by atoms with Gasteiger partial charge in [0.25, 0.3) is 0 Å². The van der Waals surface area contributed by atoms with Gasteiger partial charge in [-0.05, 0) is 60.2 Å². The summed E-state index contributed by atoms with van der Waals surface area (Å²) in [4.78, 5) is 60.2. The highest BCUT2D eigenvalue weighted by Crippen LogP contribution is 2.65. The third-order valence-electron chi connectivity index (χ3n) is 11.3. The van der Waals surface area contributed by atoms with Gasteiger partial charge in [0.15, 0.2) is 11.6 Å². The molecule has 1 N–H and O–H groups in total. The van der Waals surface area contributed by atoms with Gasteiger partial charge in [0.2, 0.25) is 11.8 Å². The predicted octanol–water partition coefficient (Wildman–Crippen LogP) is 7.20. The molecule has 2 fully saturated rings. The lowest BCUT2D eigenvalue weighted by Crippen LogP contribution is -2.58. The molecule has 0 spiro atoms. The van der Waals surface area contributed by atoms with Crippen LogP contribution in [0.5, 0.6) is 17.2 Å². The number of Topliss-reactive ketones (excluding diaryl/α,β-unsaturated/α-hetero) is 1. The minimum atomic E-state index is -1.51. The van der Waals surface area contributed by atoms with E-state index in [1.807, 2.05) is 66.7 Å². The van der Waals surface area contributed by atoms with Crippen molar-refractivity contribution in [2.75, 3.05) is 19.1 Å². The van der Waals surface area contributed by atoms with E-state index in [2.05, 4.69) is 15.9 Å². The van der Waals surface area contributed by atoms with Crippen LogP contribution in [0.4, 0.5) is 5.69 Å².